The highest BCUT2D eigenvalue weighted by atomic mass is 16.2. The van der Waals surface area contributed by atoms with Crippen LogP contribution < -0.4 is 0 Å². The van der Waals surface area contributed by atoms with Gasteiger partial charge in [0.25, 0.3) is 0 Å². The van der Waals surface area contributed by atoms with Gasteiger partial charge in [-0.3, -0.25) is 9.59 Å². The minimum absolute atomic E-state index is 0.198. The third-order valence-corrected chi connectivity index (χ3v) is 2.86. The molecule has 0 N–H and O–H groups in total. The standard InChI is InChI=1S/2C8H17NO/c2*1-4-6-9(7-5-2)8(3)10/h2*4-7H2,1-3H3. The second kappa shape index (κ2) is 14.4. The van der Waals surface area contributed by atoms with Gasteiger partial charge in [0.2, 0.25) is 11.8 Å². The molecular weight excluding hydrogens is 252 g/mol. The molecule has 0 rings (SSSR count). The predicted molar refractivity (Wildman–Crippen MR) is 85.7 cm³/mol. The molecule has 0 spiro atoms. The van der Waals surface area contributed by atoms with Crippen molar-refractivity contribution in [1.29, 1.82) is 0 Å². The van der Waals surface area contributed by atoms with Crippen molar-refractivity contribution in [2.75, 3.05) is 26.2 Å². The van der Waals surface area contributed by atoms with Gasteiger partial charge in [-0.1, -0.05) is 27.7 Å². The van der Waals surface area contributed by atoms with Crippen LogP contribution in [0, 0.1) is 0 Å². The van der Waals surface area contributed by atoms with Crippen molar-refractivity contribution in [2.45, 2.75) is 67.2 Å². The van der Waals surface area contributed by atoms with Gasteiger partial charge in [-0.05, 0) is 25.7 Å². The number of hydrogen-bond donors (Lipinski definition) is 0. The average molecular weight is 286 g/mol. The Morgan fingerprint density at radius 3 is 0.900 bits per heavy atom. The van der Waals surface area contributed by atoms with Gasteiger partial charge < -0.3 is 9.80 Å². The highest BCUT2D eigenvalue weighted by molar-refractivity contribution is 5.73. The van der Waals surface area contributed by atoms with Crippen LogP contribution >= 0.6 is 0 Å². The Balaban J connectivity index is 0. The molecule has 4 heteroatoms. The van der Waals surface area contributed by atoms with E-state index in [1.807, 2.05) is 9.80 Å². The molecule has 0 saturated heterocycles. The summed E-state index contributed by atoms with van der Waals surface area (Å²) in [4.78, 5) is 25.5. The van der Waals surface area contributed by atoms with E-state index in [2.05, 4.69) is 27.7 Å². The molecule has 0 aromatic carbocycles. The number of nitrogens with zero attached hydrogens (tertiary/aromatic N) is 2. The summed E-state index contributed by atoms with van der Waals surface area (Å²) in [6.45, 7) is 15.2. The smallest absolute Gasteiger partial charge is 0.219 e. The van der Waals surface area contributed by atoms with Crippen molar-refractivity contribution >= 4 is 11.8 Å². The summed E-state index contributed by atoms with van der Waals surface area (Å²) in [6, 6.07) is 0. The Labute approximate surface area is 125 Å². The van der Waals surface area contributed by atoms with Crippen molar-refractivity contribution in [3.63, 3.8) is 0 Å². The molecule has 20 heavy (non-hydrogen) atoms. The van der Waals surface area contributed by atoms with Crippen LogP contribution in [0.15, 0.2) is 0 Å². The molecule has 0 aliphatic rings. The maximum atomic E-state index is 10.8. The molecule has 0 unspecified atom stereocenters. The van der Waals surface area contributed by atoms with E-state index < -0.39 is 0 Å². The second-order valence-corrected chi connectivity index (χ2v) is 5.01. The van der Waals surface area contributed by atoms with E-state index in [9.17, 15) is 9.59 Å². The Kier molecular flexibility index (Phi) is 15.2. The average Bonchev–Trinajstić information content (AvgIpc) is 2.38. The molecule has 0 aromatic rings. The molecule has 0 atom stereocenters. The van der Waals surface area contributed by atoms with Gasteiger partial charge in [-0.15, -0.1) is 0 Å². The van der Waals surface area contributed by atoms with Crippen molar-refractivity contribution in [3.05, 3.63) is 0 Å². The molecule has 0 heterocycles. The summed E-state index contributed by atoms with van der Waals surface area (Å²) in [7, 11) is 0. The van der Waals surface area contributed by atoms with E-state index in [4.69, 9.17) is 0 Å². The van der Waals surface area contributed by atoms with Gasteiger partial charge in [-0.2, -0.15) is 0 Å². The Morgan fingerprint density at radius 1 is 0.600 bits per heavy atom. The van der Waals surface area contributed by atoms with Gasteiger partial charge in [0, 0.05) is 40.0 Å². The number of amides is 2. The first-order valence-corrected chi connectivity index (χ1v) is 7.95. The molecule has 0 bridgehead atoms. The normalized spacial score (nSPS) is 9.50. The van der Waals surface area contributed by atoms with E-state index in [1.165, 1.54) is 0 Å². The van der Waals surface area contributed by atoms with Gasteiger partial charge in [0.1, 0.15) is 0 Å². The lowest BCUT2D eigenvalue weighted by molar-refractivity contribution is -0.129. The summed E-state index contributed by atoms with van der Waals surface area (Å²) in [5, 5.41) is 0. The quantitative estimate of drug-likeness (QED) is 0.687. The molecule has 0 saturated carbocycles. The lowest BCUT2D eigenvalue weighted by Crippen LogP contribution is -2.29. The van der Waals surface area contributed by atoms with Crippen LogP contribution in [0.2, 0.25) is 0 Å². The molecule has 0 aliphatic carbocycles. The fraction of sp³-hybridized carbons (Fsp3) is 0.875. The first kappa shape index (κ1) is 21.2. The van der Waals surface area contributed by atoms with Crippen LogP contribution in [0.25, 0.3) is 0 Å². The predicted octanol–water partition coefficient (Wildman–Crippen LogP) is 3.31. The maximum Gasteiger partial charge on any atom is 0.219 e. The monoisotopic (exact) mass is 286 g/mol. The van der Waals surface area contributed by atoms with Crippen molar-refractivity contribution in [1.82, 2.24) is 9.80 Å². The fourth-order valence-corrected chi connectivity index (χ4v) is 1.93. The topological polar surface area (TPSA) is 40.6 Å². The molecule has 0 aromatic heterocycles. The minimum Gasteiger partial charge on any atom is -0.343 e. The molecular formula is C16H34N2O2. The maximum absolute atomic E-state index is 10.8. The van der Waals surface area contributed by atoms with Crippen LogP contribution in [-0.2, 0) is 9.59 Å². The van der Waals surface area contributed by atoms with Crippen LogP contribution in [0.3, 0.4) is 0 Å². The van der Waals surface area contributed by atoms with Crippen molar-refractivity contribution < 1.29 is 9.59 Å². The third kappa shape index (κ3) is 12.0. The largest absolute Gasteiger partial charge is 0.343 e. The SMILES string of the molecule is CCCN(CCC)C(C)=O.CCCN(CCC)C(C)=O. The van der Waals surface area contributed by atoms with Gasteiger partial charge in [0.15, 0.2) is 0 Å². The summed E-state index contributed by atoms with van der Waals surface area (Å²) in [6.07, 6.45) is 4.22. The van der Waals surface area contributed by atoms with Crippen LogP contribution in [0.5, 0.6) is 0 Å². The number of hydrogen-bond acceptors (Lipinski definition) is 2. The first-order valence-electron chi connectivity index (χ1n) is 7.95. The molecule has 0 radical (unpaired) electrons. The van der Waals surface area contributed by atoms with Gasteiger partial charge in [-0.25, -0.2) is 0 Å². The van der Waals surface area contributed by atoms with E-state index in [1.54, 1.807) is 13.8 Å². The highest BCUT2D eigenvalue weighted by Crippen LogP contribution is 1.94. The van der Waals surface area contributed by atoms with Crippen molar-refractivity contribution in [2.24, 2.45) is 0 Å². The third-order valence-electron chi connectivity index (χ3n) is 2.86. The van der Waals surface area contributed by atoms with Gasteiger partial charge in [0.05, 0.1) is 0 Å². The number of carbonyl (C=O) groups excluding carboxylic acids is 2. The fourth-order valence-electron chi connectivity index (χ4n) is 1.93. The van der Waals surface area contributed by atoms with Crippen LogP contribution in [0.1, 0.15) is 67.2 Å². The minimum atomic E-state index is 0.198. The summed E-state index contributed by atoms with van der Waals surface area (Å²) >= 11 is 0. The van der Waals surface area contributed by atoms with Gasteiger partial charge >= 0.3 is 0 Å². The Morgan fingerprint density at radius 2 is 0.800 bits per heavy atom. The van der Waals surface area contributed by atoms with Crippen LogP contribution in [0.4, 0.5) is 0 Å². The zero-order valence-corrected chi connectivity index (χ0v) is 14.4. The molecule has 120 valence electrons. The Hall–Kier alpha value is -1.06. The van der Waals surface area contributed by atoms with Crippen LogP contribution in [-0.4, -0.2) is 47.8 Å². The summed E-state index contributed by atoms with van der Waals surface area (Å²) in [5.74, 6) is 0.396. The zero-order chi connectivity index (χ0) is 16.0. The van der Waals surface area contributed by atoms with Crippen molar-refractivity contribution in [3.8, 4) is 0 Å². The lowest BCUT2D eigenvalue weighted by Gasteiger charge is -2.18. The second-order valence-electron chi connectivity index (χ2n) is 5.01. The van der Waals surface area contributed by atoms with E-state index in [-0.39, 0.29) is 11.8 Å². The lowest BCUT2D eigenvalue weighted by atomic mass is 10.3. The number of carbonyl (C=O) groups is 2. The van der Waals surface area contributed by atoms with E-state index in [0.29, 0.717) is 0 Å². The molecule has 4 nitrogen and oxygen atoms in total. The van der Waals surface area contributed by atoms with E-state index >= 15 is 0 Å². The highest BCUT2D eigenvalue weighted by Gasteiger charge is 2.04. The molecule has 0 fully saturated rings. The first-order chi connectivity index (χ1) is 9.44. The zero-order valence-electron chi connectivity index (χ0n) is 14.4. The summed E-state index contributed by atoms with van der Waals surface area (Å²) in [5.41, 5.74) is 0. The molecule has 0 aliphatic heterocycles. The van der Waals surface area contributed by atoms with E-state index in [0.717, 1.165) is 51.9 Å². The molecule has 2 amide bonds. The summed E-state index contributed by atoms with van der Waals surface area (Å²) < 4.78 is 0. The Bertz CT molecular complexity index is 217. The number of rotatable bonds is 8.